The lowest BCUT2D eigenvalue weighted by molar-refractivity contribution is 0.471. The number of fused-ring (bicyclic) bond motifs is 1. The first-order valence-corrected chi connectivity index (χ1v) is 7.01. The number of pyridine rings is 1. The van der Waals surface area contributed by atoms with E-state index in [1.807, 2.05) is 18.2 Å². The second-order valence-electron chi connectivity index (χ2n) is 3.78. The number of phenolic OH excluding ortho intramolecular Hbond substituents is 1. The fourth-order valence-corrected chi connectivity index (χ4v) is 2.34. The van der Waals surface area contributed by atoms with Crippen LogP contribution in [-0.2, 0) is 0 Å². The molecule has 1 aromatic carbocycles. The van der Waals surface area contributed by atoms with Crippen LogP contribution in [0, 0.1) is 3.57 Å². The molecule has 4 nitrogen and oxygen atoms in total. The van der Waals surface area contributed by atoms with Gasteiger partial charge in [-0.15, -0.1) is 0 Å². The quantitative estimate of drug-likeness (QED) is 0.595. The minimum Gasteiger partial charge on any atom is -0.507 e. The molecule has 0 aliphatic carbocycles. The summed E-state index contributed by atoms with van der Waals surface area (Å²) in [7, 11) is 0. The third-order valence-electron chi connectivity index (χ3n) is 2.52. The molecule has 0 atom stereocenters. The van der Waals surface area contributed by atoms with E-state index in [1.54, 1.807) is 12.3 Å². The fraction of sp³-hybridized carbons (Fsp3) is 0. The average molecular weight is 416 g/mol. The highest BCUT2D eigenvalue weighted by atomic mass is 127. The van der Waals surface area contributed by atoms with E-state index in [1.165, 1.54) is 0 Å². The van der Waals surface area contributed by atoms with E-state index in [0.29, 0.717) is 11.5 Å². The fourth-order valence-electron chi connectivity index (χ4n) is 1.67. The summed E-state index contributed by atoms with van der Waals surface area (Å²) in [5.74, 6) is 0.949. The first kappa shape index (κ1) is 11.9. The van der Waals surface area contributed by atoms with E-state index in [9.17, 15) is 5.11 Å². The Morgan fingerprint density at radius 3 is 2.89 bits per heavy atom. The van der Waals surface area contributed by atoms with Crippen LogP contribution in [0.5, 0.6) is 5.75 Å². The number of H-pyrrole nitrogens is 1. The number of aromatic amines is 1. The number of nitrogens with zero attached hydrogens (tertiary/aromatic N) is 2. The van der Waals surface area contributed by atoms with Crippen LogP contribution in [0.2, 0.25) is 0 Å². The number of rotatable bonds is 1. The van der Waals surface area contributed by atoms with Crippen molar-refractivity contribution in [3.8, 4) is 17.1 Å². The van der Waals surface area contributed by atoms with Gasteiger partial charge in [0.1, 0.15) is 11.6 Å². The normalized spacial score (nSPS) is 11.0. The second-order valence-corrected chi connectivity index (χ2v) is 5.85. The van der Waals surface area contributed by atoms with E-state index in [0.717, 1.165) is 19.1 Å². The SMILES string of the molecule is Oc1cc(-c2nc3ncc(Br)cc3[nH]2)ccc1I. The zero-order valence-electron chi connectivity index (χ0n) is 8.98. The van der Waals surface area contributed by atoms with Crippen molar-refractivity contribution in [2.75, 3.05) is 0 Å². The Morgan fingerprint density at radius 1 is 1.28 bits per heavy atom. The number of imidazole rings is 1. The van der Waals surface area contributed by atoms with Gasteiger partial charge in [0.2, 0.25) is 0 Å². The highest BCUT2D eigenvalue weighted by Gasteiger charge is 2.08. The number of benzene rings is 1. The molecule has 0 aliphatic rings. The number of hydrogen-bond donors (Lipinski definition) is 2. The number of phenols is 1. The second kappa shape index (κ2) is 4.51. The van der Waals surface area contributed by atoms with Gasteiger partial charge < -0.3 is 10.1 Å². The zero-order valence-corrected chi connectivity index (χ0v) is 12.7. The maximum atomic E-state index is 9.71. The number of nitrogens with one attached hydrogen (secondary N) is 1. The summed E-state index contributed by atoms with van der Waals surface area (Å²) in [4.78, 5) is 11.8. The van der Waals surface area contributed by atoms with Gasteiger partial charge in [0.05, 0.1) is 9.09 Å². The van der Waals surface area contributed by atoms with Crippen LogP contribution in [0.3, 0.4) is 0 Å². The third-order valence-corrected chi connectivity index (χ3v) is 3.87. The molecule has 3 rings (SSSR count). The smallest absolute Gasteiger partial charge is 0.178 e. The number of aromatic hydroxyl groups is 1. The largest absolute Gasteiger partial charge is 0.507 e. The van der Waals surface area contributed by atoms with Crippen LogP contribution in [0.15, 0.2) is 34.9 Å². The third kappa shape index (κ3) is 2.10. The summed E-state index contributed by atoms with van der Waals surface area (Å²) in [5, 5.41) is 9.71. The zero-order chi connectivity index (χ0) is 12.7. The predicted octanol–water partition coefficient (Wildman–Crippen LogP) is 3.70. The molecule has 3 aromatic rings. The standard InChI is InChI=1S/C12H7BrIN3O/c13-7-4-9-12(15-5-7)17-11(16-9)6-1-2-8(14)10(18)3-6/h1-5,18H,(H,15,16,17). The first-order valence-electron chi connectivity index (χ1n) is 5.13. The molecule has 90 valence electrons. The van der Waals surface area contributed by atoms with E-state index < -0.39 is 0 Å². The lowest BCUT2D eigenvalue weighted by Gasteiger charge is -1.99. The Kier molecular flexibility index (Phi) is 2.98. The molecule has 2 heterocycles. The number of aromatic nitrogens is 3. The molecular formula is C12H7BrIN3O. The van der Waals surface area contributed by atoms with Crippen molar-refractivity contribution in [1.29, 1.82) is 0 Å². The van der Waals surface area contributed by atoms with Gasteiger partial charge in [-0.25, -0.2) is 9.97 Å². The molecule has 6 heteroatoms. The summed E-state index contributed by atoms with van der Waals surface area (Å²) in [6.07, 6.45) is 1.71. The molecule has 18 heavy (non-hydrogen) atoms. The van der Waals surface area contributed by atoms with Crippen LogP contribution in [0.25, 0.3) is 22.6 Å². The molecule has 0 fully saturated rings. The van der Waals surface area contributed by atoms with Crippen molar-refractivity contribution < 1.29 is 5.11 Å². The number of halogens is 2. The van der Waals surface area contributed by atoms with Gasteiger partial charge in [-0.1, -0.05) is 0 Å². The molecule has 0 saturated carbocycles. The van der Waals surface area contributed by atoms with Crippen LogP contribution in [-0.4, -0.2) is 20.1 Å². The highest BCUT2D eigenvalue weighted by Crippen LogP contribution is 2.27. The summed E-state index contributed by atoms with van der Waals surface area (Å²) >= 11 is 5.45. The Labute approximate surface area is 125 Å². The minimum absolute atomic E-state index is 0.252. The molecule has 0 amide bonds. The van der Waals surface area contributed by atoms with Gasteiger partial charge in [0, 0.05) is 16.2 Å². The molecule has 0 bridgehead atoms. The Morgan fingerprint density at radius 2 is 2.11 bits per heavy atom. The lowest BCUT2D eigenvalue weighted by atomic mass is 10.2. The van der Waals surface area contributed by atoms with Gasteiger partial charge in [0.15, 0.2) is 5.65 Å². The van der Waals surface area contributed by atoms with E-state index in [4.69, 9.17) is 0 Å². The van der Waals surface area contributed by atoms with Crippen LogP contribution >= 0.6 is 38.5 Å². The van der Waals surface area contributed by atoms with Crippen LogP contribution in [0.1, 0.15) is 0 Å². The molecule has 0 unspecified atom stereocenters. The van der Waals surface area contributed by atoms with Crippen LogP contribution in [0.4, 0.5) is 0 Å². The predicted molar refractivity (Wildman–Crippen MR) is 81.4 cm³/mol. The maximum Gasteiger partial charge on any atom is 0.178 e. The monoisotopic (exact) mass is 415 g/mol. The molecular weight excluding hydrogens is 409 g/mol. The molecule has 0 radical (unpaired) electrons. The van der Waals surface area contributed by atoms with Crippen molar-refractivity contribution in [2.45, 2.75) is 0 Å². The topological polar surface area (TPSA) is 61.8 Å². The summed E-state index contributed by atoms with van der Waals surface area (Å²) < 4.78 is 1.71. The van der Waals surface area contributed by atoms with Crippen LogP contribution < -0.4 is 0 Å². The minimum atomic E-state index is 0.252. The molecule has 0 aliphatic heterocycles. The van der Waals surface area contributed by atoms with Gasteiger partial charge >= 0.3 is 0 Å². The van der Waals surface area contributed by atoms with Crippen molar-refractivity contribution in [2.24, 2.45) is 0 Å². The van der Waals surface area contributed by atoms with Crippen molar-refractivity contribution >= 4 is 49.7 Å². The van der Waals surface area contributed by atoms with E-state index in [-0.39, 0.29) is 5.75 Å². The molecule has 2 aromatic heterocycles. The first-order chi connectivity index (χ1) is 8.63. The molecule has 0 spiro atoms. The van der Waals surface area contributed by atoms with Gasteiger partial charge in [-0.2, -0.15) is 0 Å². The van der Waals surface area contributed by atoms with Crippen molar-refractivity contribution in [1.82, 2.24) is 15.0 Å². The Hall–Kier alpha value is -1.15. The van der Waals surface area contributed by atoms with E-state index >= 15 is 0 Å². The van der Waals surface area contributed by atoms with Crippen molar-refractivity contribution in [3.05, 3.63) is 38.5 Å². The summed E-state index contributed by atoms with van der Waals surface area (Å²) in [5.41, 5.74) is 2.35. The van der Waals surface area contributed by atoms with Gasteiger partial charge in [-0.3, -0.25) is 0 Å². The van der Waals surface area contributed by atoms with Gasteiger partial charge in [-0.05, 0) is 62.8 Å². The molecule has 2 N–H and O–H groups in total. The van der Waals surface area contributed by atoms with Crippen molar-refractivity contribution in [3.63, 3.8) is 0 Å². The lowest BCUT2D eigenvalue weighted by Crippen LogP contribution is -1.81. The highest BCUT2D eigenvalue weighted by molar-refractivity contribution is 14.1. The summed E-state index contributed by atoms with van der Waals surface area (Å²) in [6.45, 7) is 0. The summed E-state index contributed by atoms with van der Waals surface area (Å²) in [6, 6.07) is 7.37. The van der Waals surface area contributed by atoms with E-state index in [2.05, 4.69) is 53.5 Å². The average Bonchev–Trinajstić information content (AvgIpc) is 2.75. The Bertz CT molecular complexity index is 741. The maximum absolute atomic E-state index is 9.71. The number of hydrogen-bond acceptors (Lipinski definition) is 3. The Balaban J connectivity index is 2.16. The molecule has 0 saturated heterocycles. The van der Waals surface area contributed by atoms with Gasteiger partial charge in [0.25, 0.3) is 0 Å².